The van der Waals surface area contributed by atoms with E-state index in [9.17, 15) is 0 Å². The third-order valence-corrected chi connectivity index (χ3v) is 2.78. The van der Waals surface area contributed by atoms with Gasteiger partial charge in [0, 0.05) is 0 Å². The molecule has 0 saturated heterocycles. The van der Waals surface area contributed by atoms with Crippen molar-refractivity contribution in [3.05, 3.63) is 42.0 Å². The Labute approximate surface area is 104 Å². The van der Waals surface area contributed by atoms with Crippen LogP contribution in [-0.4, -0.2) is 0 Å². The molecule has 0 aliphatic heterocycles. The molecule has 1 rings (SSSR count). The summed E-state index contributed by atoms with van der Waals surface area (Å²) in [5.74, 6) is 1.14. The molecule has 0 heterocycles. The summed E-state index contributed by atoms with van der Waals surface area (Å²) in [6.45, 7) is 4.37. The van der Waals surface area contributed by atoms with E-state index in [1.165, 1.54) is 5.56 Å². The molecule has 1 aromatic carbocycles. The van der Waals surface area contributed by atoms with E-state index in [1.54, 1.807) is 6.26 Å². The lowest BCUT2D eigenvalue weighted by Crippen LogP contribution is -1.93. The first-order valence-electron chi connectivity index (χ1n) is 6.08. The van der Waals surface area contributed by atoms with Gasteiger partial charge in [0.1, 0.15) is 5.75 Å². The van der Waals surface area contributed by atoms with Crippen LogP contribution in [0.2, 0.25) is 0 Å². The van der Waals surface area contributed by atoms with Crippen molar-refractivity contribution in [1.29, 1.82) is 5.26 Å². The minimum absolute atomic E-state index is 0.535. The summed E-state index contributed by atoms with van der Waals surface area (Å²) in [6.07, 6.45) is 9.49. The fourth-order valence-electron chi connectivity index (χ4n) is 1.71. The summed E-state index contributed by atoms with van der Waals surface area (Å²) >= 11 is 0. The van der Waals surface area contributed by atoms with E-state index >= 15 is 0 Å². The molecule has 1 unspecified atom stereocenters. The van der Waals surface area contributed by atoms with E-state index in [0.717, 1.165) is 19.3 Å². The molecule has 1 aromatic rings. The molecular formula is C15H19NO. The normalized spacial score (nSPS) is 12.3. The molecule has 0 saturated carbocycles. The van der Waals surface area contributed by atoms with E-state index in [1.807, 2.05) is 24.3 Å². The number of rotatable bonds is 6. The molecule has 0 radical (unpaired) electrons. The van der Waals surface area contributed by atoms with Crippen LogP contribution < -0.4 is 4.74 Å². The number of benzene rings is 1. The van der Waals surface area contributed by atoms with Crippen LogP contribution in [0, 0.1) is 11.5 Å². The fourth-order valence-corrected chi connectivity index (χ4v) is 1.71. The smallest absolute Gasteiger partial charge is 0.292 e. The minimum Gasteiger partial charge on any atom is -0.388 e. The summed E-state index contributed by atoms with van der Waals surface area (Å²) in [6, 6.07) is 7.75. The van der Waals surface area contributed by atoms with Crippen molar-refractivity contribution in [2.75, 3.05) is 0 Å². The highest BCUT2D eigenvalue weighted by molar-refractivity contribution is 5.29. The van der Waals surface area contributed by atoms with Crippen LogP contribution in [0.1, 0.15) is 44.6 Å². The van der Waals surface area contributed by atoms with Crippen LogP contribution in [0.5, 0.6) is 5.75 Å². The maximum absolute atomic E-state index is 8.38. The van der Waals surface area contributed by atoms with Crippen molar-refractivity contribution >= 4 is 0 Å². The lowest BCUT2D eigenvalue weighted by atomic mass is 9.96. The summed E-state index contributed by atoms with van der Waals surface area (Å²) < 4.78 is 4.75. The van der Waals surface area contributed by atoms with E-state index in [0.29, 0.717) is 11.7 Å². The molecule has 0 aromatic heterocycles. The Balaban J connectivity index is 2.49. The number of ether oxygens (including phenoxy) is 1. The predicted octanol–water partition coefficient (Wildman–Crippen LogP) is 4.40. The molecule has 0 aliphatic carbocycles. The molecule has 0 amide bonds. The Hall–Kier alpha value is -1.75. The predicted molar refractivity (Wildman–Crippen MR) is 69.8 cm³/mol. The quantitative estimate of drug-likeness (QED) is 0.535. The number of nitriles is 1. The second kappa shape index (κ2) is 7.51. The Bertz CT molecular complexity index is 386. The van der Waals surface area contributed by atoms with Crippen LogP contribution in [0.4, 0.5) is 0 Å². The van der Waals surface area contributed by atoms with Gasteiger partial charge in [0.25, 0.3) is 6.26 Å². The highest BCUT2D eigenvalue weighted by atomic mass is 16.5. The molecule has 2 nitrogen and oxygen atoms in total. The van der Waals surface area contributed by atoms with Gasteiger partial charge in [-0.25, -0.2) is 0 Å². The Morgan fingerprint density at radius 2 is 2.00 bits per heavy atom. The molecule has 0 bridgehead atoms. The van der Waals surface area contributed by atoms with Gasteiger partial charge in [0.15, 0.2) is 0 Å². The zero-order chi connectivity index (χ0) is 12.5. The van der Waals surface area contributed by atoms with Gasteiger partial charge in [0.2, 0.25) is 0 Å². The van der Waals surface area contributed by atoms with Crippen molar-refractivity contribution in [2.24, 2.45) is 0 Å². The van der Waals surface area contributed by atoms with Crippen molar-refractivity contribution in [2.45, 2.75) is 39.0 Å². The second-order valence-corrected chi connectivity index (χ2v) is 4.12. The molecular weight excluding hydrogens is 210 g/mol. The molecule has 0 aliphatic rings. The molecule has 17 heavy (non-hydrogen) atoms. The summed E-state index contributed by atoms with van der Waals surface area (Å²) in [5.41, 5.74) is 1.29. The highest BCUT2D eigenvalue weighted by Crippen LogP contribution is 2.23. The van der Waals surface area contributed by atoms with Gasteiger partial charge in [-0.2, -0.15) is 0 Å². The zero-order valence-corrected chi connectivity index (χ0v) is 10.5. The van der Waals surface area contributed by atoms with Gasteiger partial charge in [-0.15, -0.1) is 5.26 Å². The average Bonchev–Trinajstić information content (AvgIpc) is 2.36. The standard InChI is InChI=1S/C15H19NO/c1-3-4-5-6-7-13(2)14-8-10-15(11-9-14)17-12-16/h4-5,8-11,13H,3,6-7H2,1-2H3/b5-4+. The maximum Gasteiger partial charge on any atom is 0.292 e. The van der Waals surface area contributed by atoms with Gasteiger partial charge >= 0.3 is 0 Å². The summed E-state index contributed by atoms with van der Waals surface area (Å²) in [4.78, 5) is 0. The fraction of sp³-hybridized carbons (Fsp3) is 0.400. The van der Waals surface area contributed by atoms with Crippen LogP contribution >= 0.6 is 0 Å². The van der Waals surface area contributed by atoms with Gasteiger partial charge in [-0.05, 0) is 42.9 Å². The first kappa shape index (κ1) is 13.3. The zero-order valence-electron chi connectivity index (χ0n) is 10.5. The monoisotopic (exact) mass is 229 g/mol. The first-order valence-corrected chi connectivity index (χ1v) is 6.08. The van der Waals surface area contributed by atoms with Gasteiger partial charge in [-0.1, -0.05) is 38.1 Å². The van der Waals surface area contributed by atoms with Crippen LogP contribution in [0.3, 0.4) is 0 Å². The van der Waals surface area contributed by atoms with Crippen molar-refractivity contribution in [1.82, 2.24) is 0 Å². The van der Waals surface area contributed by atoms with Crippen LogP contribution in [-0.2, 0) is 0 Å². The molecule has 0 fully saturated rings. The maximum atomic E-state index is 8.38. The highest BCUT2D eigenvalue weighted by Gasteiger charge is 2.04. The second-order valence-electron chi connectivity index (χ2n) is 4.12. The van der Waals surface area contributed by atoms with Crippen molar-refractivity contribution in [3.63, 3.8) is 0 Å². The SMILES string of the molecule is CC/C=C/CCC(C)c1ccc(OC#N)cc1. The average molecular weight is 229 g/mol. The topological polar surface area (TPSA) is 33.0 Å². The van der Waals surface area contributed by atoms with E-state index in [4.69, 9.17) is 10.00 Å². The van der Waals surface area contributed by atoms with Crippen LogP contribution in [0.15, 0.2) is 36.4 Å². The van der Waals surface area contributed by atoms with Gasteiger partial charge in [-0.3, -0.25) is 0 Å². The largest absolute Gasteiger partial charge is 0.388 e. The lowest BCUT2D eigenvalue weighted by molar-refractivity contribution is 0.506. The van der Waals surface area contributed by atoms with E-state index in [2.05, 4.69) is 26.0 Å². The third kappa shape index (κ3) is 4.74. The first-order chi connectivity index (χ1) is 8.27. The third-order valence-electron chi connectivity index (χ3n) is 2.78. The molecule has 2 heteroatoms. The number of hydrogen-bond acceptors (Lipinski definition) is 2. The number of hydrogen-bond donors (Lipinski definition) is 0. The molecule has 0 spiro atoms. The molecule has 1 atom stereocenters. The number of allylic oxidation sites excluding steroid dienone is 2. The minimum atomic E-state index is 0.535. The Morgan fingerprint density at radius 1 is 1.29 bits per heavy atom. The van der Waals surface area contributed by atoms with E-state index in [-0.39, 0.29) is 0 Å². The van der Waals surface area contributed by atoms with Crippen molar-refractivity contribution < 1.29 is 4.74 Å². The summed E-state index contributed by atoms with van der Waals surface area (Å²) in [7, 11) is 0. The van der Waals surface area contributed by atoms with E-state index < -0.39 is 0 Å². The number of nitrogens with zero attached hydrogens (tertiary/aromatic N) is 1. The Kier molecular flexibility index (Phi) is 5.88. The lowest BCUT2D eigenvalue weighted by Gasteiger charge is -2.10. The van der Waals surface area contributed by atoms with Gasteiger partial charge < -0.3 is 4.74 Å². The molecule has 90 valence electrons. The summed E-state index contributed by atoms with van der Waals surface area (Å²) in [5, 5.41) is 8.38. The molecule has 0 N–H and O–H groups in total. The van der Waals surface area contributed by atoms with Crippen molar-refractivity contribution in [3.8, 4) is 12.0 Å². The van der Waals surface area contributed by atoms with Crippen LogP contribution in [0.25, 0.3) is 0 Å². The van der Waals surface area contributed by atoms with Gasteiger partial charge in [0.05, 0.1) is 0 Å². The Morgan fingerprint density at radius 3 is 2.59 bits per heavy atom.